The molecule has 0 aromatic heterocycles. The number of halogens is 1. The van der Waals surface area contributed by atoms with E-state index >= 15 is 0 Å². The van der Waals surface area contributed by atoms with Crippen molar-refractivity contribution >= 4 is 33.7 Å². The van der Waals surface area contributed by atoms with E-state index in [2.05, 4.69) is 15.9 Å². The van der Waals surface area contributed by atoms with Crippen LogP contribution in [0.1, 0.15) is 17.3 Å². The van der Waals surface area contributed by atoms with Crippen LogP contribution < -0.4 is 0 Å². The fraction of sp³-hybridized carbons (Fsp3) is 0.300. The first-order valence-corrected chi connectivity index (χ1v) is 6.22. The Hall–Kier alpha value is -0.480. The number of esters is 1. The molecular weight excluding hydrogens is 264 g/mol. The Labute approximate surface area is 96.2 Å². The molecular formula is C10H11BrO2S. The monoisotopic (exact) mass is 274 g/mol. The average Bonchev–Trinajstić information content (AvgIpc) is 2.17. The molecule has 0 aliphatic rings. The second kappa shape index (κ2) is 5.41. The summed E-state index contributed by atoms with van der Waals surface area (Å²) in [4.78, 5) is 12.5. The summed E-state index contributed by atoms with van der Waals surface area (Å²) in [6, 6.07) is 5.65. The van der Waals surface area contributed by atoms with Crippen molar-refractivity contribution in [3.63, 3.8) is 0 Å². The van der Waals surface area contributed by atoms with Gasteiger partial charge in [0.05, 0.1) is 12.2 Å². The highest BCUT2D eigenvalue weighted by Crippen LogP contribution is 2.27. The van der Waals surface area contributed by atoms with Crippen molar-refractivity contribution in [1.82, 2.24) is 0 Å². The molecule has 0 fully saturated rings. The van der Waals surface area contributed by atoms with Gasteiger partial charge in [-0.2, -0.15) is 0 Å². The number of benzene rings is 1. The third-order valence-corrected chi connectivity index (χ3v) is 3.12. The maximum absolute atomic E-state index is 11.6. The molecule has 0 bridgehead atoms. The first-order valence-electron chi connectivity index (χ1n) is 4.20. The standard InChI is InChI=1S/C10H11BrO2S/c1-3-13-10(12)9-7(11)5-4-6-8(9)14-2/h4-6H,3H2,1-2H3. The number of rotatable bonds is 3. The van der Waals surface area contributed by atoms with Crippen LogP contribution in [0.15, 0.2) is 27.6 Å². The van der Waals surface area contributed by atoms with Gasteiger partial charge in [0.1, 0.15) is 0 Å². The minimum Gasteiger partial charge on any atom is -0.462 e. The minimum atomic E-state index is -0.274. The lowest BCUT2D eigenvalue weighted by atomic mass is 10.2. The van der Waals surface area contributed by atoms with Crippen molar-refractivity contribution < 1.29 is 9.53 Å². The van der Waals surface area contributed by atoms with E-state index in [0.29, 0.717) is 12.2 Å². The van der Waals surface area contributed by atoms with Crippen LogP contribution in [-0.2, 0) is 4.74 Å². The zero-order chi connectivity index (χ0) is 10.6. The Morgan fingerprint density at radius 1 is 1.57 bits per heavy atom. The van der Waals surface area contributed by atoms with Gasteiger partial charge in [0, 0.05) is 9.37 Å². The highest BCUT2D eigenvalue weighted by molar-refractivity contribution is 9.10. The van der Waals surface area contributed by atoms with E-state index in [0.717, 1.165) is 9.37 Å². The summed E-state index contributed by atoms with van der Waals surface area (Å²) in [7, 11) is 0. The molecule has 0 N–H and O–H groups in total. The van der Waals surface area contributed by atoms with Gasteiger partial charge in [-0.15, -0.1) is 11.8 Å². The number of hydrogen-bond acceptors (Lipinski definition) is 3. The van der Waals surface area contributed by atoms with Crippen LogP contribution in [0, 0.1) is 0 Å². The predicted octanol–water partition coefficient (Wildman–Crippen LogP) is 3.35. The molecule has 0 aliphatic heterocycles. The van der Waals surface area contributed by atoms with Crippen LogP contribution >= 0.6 is 27.7 Å². The summed E-state index contributed by atoms with van der Waals surface area (Å²) in [5, 5.41) is 0. The lowest BCUT2D eigenvalue weighted by molar-refractivity contribution is 0.0521. The summed E-state index contributed by atoms with van der Waals surface area (Å²) in [5.41, 5.74) is 0.613. The highest BCUT2D eigenvalue weighted by atomic mass is 79.9. The minimum absolute atomic E-state index is 0.274. The molecule has 0 radical (unpaired) electrons. The summed E-state index contributed by atoms with van der Waals surface area (Å²) in [5.74, 6) is -0.274. The third-order valence-electron chi connectivity index (χ3n) is 1.67. The van der Waals surface area contributed by atoms with Gasteiger partial charge in [-0.3, -0.25) is 0 Å². The molecule has 2 nitrogen and oxygen atoms in total. The molecule has 0 saturated carbocycles. The molecule has 1 aromatic rings. The van der Waals surface area contributed by atoms with Crippen molar-refractivity contribution in [2.75, 3.05) is 12.9 Å². The first-order chi connectivity index (χ1) is 6.70. The summed E-state index contributed by atoms with van der Waals surface area (Å²) in [6.45, 7) is 2.20. The van der Waals surface area contributed by atoms with Gasteiger partial charge in [-0.25, -0.2) is 4.79 Å². The molecule has 0 heterocycles. The van der Waals surface area contributed by atoms with Crippen LogP contribution in [0.4, 0.5) is 0 Å². The van der Waals surface area contributed by atoms with E-state index in [9.17, 15) is 4.79 Å². The molecule has 76 valence electrons. The van der Waals surface area contributed by atoms with Gasteiger partial charge < -0.3 is 4.74 Å². The predicted molar refractivity (Wildman–Crippen MR) is 61.9 cm³/mol. The Balaban J connectivity index is 3.10. The first kappa shape index (κ1) is 11.6. The van der Waals surface area contributed by atoms with Gasteiger partial charge in [0.2, 0.25) is 0 Å². The molecule has 0 amide bonds. The van der Waals surface area contributed by atoms with Crippen LogP contribution in [0.25, 0.3) is 0 Å². The number of carbonyl (C=O) groups is 1. The number of carbonyl (C=O) groups excluding carboxylic acids is 1. The van der Waals surface area contributed by atoms with Gasteiger partial charge in [0.25, 0.3) is 0 Å². The number of thioether (sulfide) groups is 1. The van der Waals surface area contributed by atoms with Gasteiger partial charge >= 0.3 is 5.97 Å². The van der Waals surface area contributed by atoms with E-state index in [4.69, 9.17) is 4.74 Å². The molecule has 0 spiro atoms. The Morgan fingerprint density at radius 2 is 2.29 bits per heavy atom. The molecule has 0 atom stereocenters. The summed E-state index contributed by atoms with van der Waals surface area (Å²) < 4.78 is 5.75. The summed E-state index contributed by atoms with van der Waals surface area (Å²) in [6.07, 6.45) is 1.94. The largest absolute Gasteiger partial charge is 0.462 e. The van der Waals surface area contributed by atoms with Crippen molar-refractivity contribution in [2.24, 2.45) is 0 Å². The molecule has 1 rings (SSSR count). The lowest BCUT2D eigenvalue weighted by Crippen LogP contribution is -2.06. The quantitative estimate of drug-likeness (QED) is 0.625. The number of hydrogen-bond donors (Lipinski definition) is 0. The highest BCUT2D eigenvalue weighted by Gasteiger charge is 2.15. The van der Waals surface area contributed by atoms with Gasteiger partial charge in [-0.05, 0) is 41.2 Å². The normalized spacial score (nSPS) is 9.93. The summed E-state index contributed by atoms with van der Waals surface area (Å²) >= 11 is 4.88. The van der Waals surface area contributed by atoms with E-state index < -0.39 is 0 Å². The van der Waals surface area contributed by atoms with Crippen LogP contribution in [0.2, 0.25) is 0 Å². The lowest BCUT2D eigenvalue weighted by Gasteiger charge is -2.08. The molecule has 0 saturated heterocycles. The van der Waals surface area contributed by atoms with Crippen LogP contribution in [-0.4, -0.2) is 18.8 Å². The average molecular weight is 275 g/mol. The third kappa shape index (κ3) is 2.51. The van der Waals surface area contributed by atoms with E-state index in [1.165, 1.54) is 11.8 Å². The van der Waals surface area contributed by atoms with Crippen LogP contribution in [0.3, 0.4) is 0 Å². The van der Waals surface area contributed by atoms with Crippen molar-refractivity contribution in [3.05, 3.63) is 28.2 Å². The maximum atomic E-state index is 11.6. The Morgan fingerprint density at radius 3 is 2.86 bits per heavy atom. The Kier molecular flexibility index (Phi) is 4.48. The molecule has 1 aromatic carbocycles. The zero-order valence-electron chi connectivity index (χ0n) is 8.04. The number of ether oxygens (including phenoxy) is 1. The van der Waals surface area contributed by atoms with Crippen molar-refractivity contribution in [3.8, 4) is 0 Å². The van der Waals surface area contributed by atoms with E-state index in [1.807, 2.05) is 24.5 Å². The fourth-order valence-corrected chi connectivity index (χ4v) is 2.35. The smallest absolute Gasteiger partial charge is 0.340 e. The molecule has 4 heteroatoms. The topological polar surface area (TPSA) is 26.3 Å². The van der Waals surface area contributed by atoms with Gasteiger partial charge in [0.15, 0.2) is 0 Å². The maximum Gasteiger partial charge on any atom is 0.340 e. The molecule has 14 heavy (non-hydrogen) atoms. The van der Waals surface area contributed by atoms with E-state index in [1.54, 1.807) is 6.92 Å². The van der Waals surface area contributed by atoms with Gasteiger partial charge in [-0.1, -0.05) is 6.07 Å². The fourth-order valence-electron chi connectivity index (χ4n) is 1.08. The van der Waals surface area contributed by atoms with Crippen molar-refractivity contribution in [2.45, 2.75) is 11.8 Å². The van der Waals surface area contributed by atoms with Crippen LogP contribution in [0.5, 0.6) is 0 Å². The second-order valence-electron chi connectivity index (χ2n) is 2.54. The molecule has 0 aliphatic carbocycles. The van der Waals surface area contributed by atoms with E-state index in [-0.39, 0.29) is 5.97 Å². The Bertz CT molecular complexity index is 339. The zero-order valence-corrected chi connectivity index (χ0v) is 10.4. The SMILES string of the molecule is CCOC(=O)c1c(Br)cccc1SC. The molecule has 0 unspecified atom stereocenters. The second-order valence-corrected chi connectivity index (χ2v) is 4.24. The van der Waals surface area contributed by atoms with Crippen molar-refractivity contribution in [1.29, 1.82) is 0 Å².